The largest absolute Gasteiger partial charge is 0.406 e. The highest BCUT2D eigenvalue weighted by molar-refractivity contribution is 5.20. The standard InChI is InChI=1S/C9H16N4O/c1-5(10)8-12-13-9(14-8)11-6(2)7-3-4-7/h5-7H,3-4,10H2,1-2H3,(H,11,13). The number of nitrogens with one attached hydrogen (secondary N) is 1. The lowest BCUT2D eigenvalue weighted by Crippen LogP contribution is -2.17. The predicted molar refractivity (Wildman–Crippen MR) is 52.7 cm³/mol. The molecular formula is C9H16N4O. The van der Waals surface area contributed by atoms with Crippen LogP contribution in [0.1, 0.15) is 38.6 Å². The third-order valence-corrected chi connectivity index (χ3v) is 2.51. The van der Waals surface area contributed by atoms with Crippen molar-refractivity contribution in [3.63, 3.8) is 0 Å². The zero-order chi connectivity index (χ0) is 10.1. The van der Waals surface area contributed by atoms with Crippen LogP contribution in [0.25, 0.3) is 0 Å². The van der Waals surface area contributed by atoms with Gasteiger partial charge in [-0.25, -0.2) is 0 Å². The van der Waals surface area contributed by atoms with Crippen molar-refractivity contribution in [2.24, 2.45) is 11.7 Å². The Labute approximate surface area is 83.1 Å². The summed E-state index contributed by atoms with van der Waals surface area (Å²) >= 11 is 0. The summed E-state index contributed by atoms with van der Waals surface area (Å²) in [4.78, 5) is 0. The average molecular weight is 196 g/mol. The van der Waals surface area contributed by atoms with Crippen molar-refractivity contribution in [3.8, 4) is 0 Å². The van der Waals surface area contributed by atoms with E-state index in [0.717, 1.165) is 5.92 Å². The van der Waals surface area contributed by atoms with Gasteiger partial charge in [-0.15, -0.1) is 5.10 Å². The van der Waals surface area contributed by atoms with Gasteiger partial charge in [0.15, 0.2) is 0 Å². The Morgan fingerprint density at radius 1 is 1.43 bits per heavy atom. The molecule has 0 radical (unpaired) electrons. The molecule has 2 rings (SSSR count). The second-order valence-corrected chi connectivity index (χ2v) is 4.00. The second-order valence-electron chi connectivity index (χ2n) is 4.00. The smallest absolute Gasteiger partial charge is 0.315 e. The molecule has 1 aliphatic rings. The molecule has 1 aromatic heterocycles. The van der Waals surface area contributed by atoms with Crippen molar-refractivity contribution >= 4 is 6.01 Å². The van der Waals surface area contributed by atoms with Crippen LogP contribution in [0.5, 0.6) is 0 Å². The fourth-order valence-corrected chi connectivity index (χ4v) is 1.39. The molecule has 0 saturated heterocycles. The molecule has 0 amide bonds. The number of rotatable bonds is 4. The van der Waals surface area contributed by atoms with Crippen LogP contribution < -0.4 is 11.1 Å². The predicted octanol–water partition coefficient (Wildman–Crippen LogP) is 1.30. The van der Waals surface area contributed by atoms with Crippen molar-refractivity contribution in [3.05, 3.63) is 5.89 Å². The van der Waals surface area contributed by atoms with E-state index in [-0.39, 0.29) is 6.04 Å². The van der Waals surface area contributed by atoms with E-state index in [1.54, 1.807) is 0 Å². The lowest BCUT2D eigenvalue weighted by Gasteiger charge is -2.09. The van der Waals surface area contributed by atoms with Gasteiger partial charge in [-0.2, -0.15) is 0 Å². The van der Waals surface area contributed by atoms with E-state index in [1.807, 2.05) is 6.92 Å². The van der Waals surface area contributed by atoms with E-state index < -0.39 is 0 Å². The van der Waals surface area contributed by atoms with Crippen molar-refractivity contribution < 1.29 is 4.42 Å². The van der Waals surface area contributed by atoms with Gasteiger partial charge < -0.3 is 15.5 Å². The maximum atomic E-state index is 5.61. The molecule has 5 heteroatoms. The normalized spacial score (nSPS) is 20.5. The highest BCUT2D eigenvalue weighted by Crippen LogP contribution is 2.33. The first kappa shape index (κ1) is 9.45. The first-order valence-electron chi connectivity index (χ1n) is 5.02. The fourth-order valence-electron chi connectivity index (χ4n) is 1.39. The van der Waals surface area contributed by atoms with Gasteiger partial charge in [-0.1, -0.05) is 5.10 Å². The second kappa shape index (κ2) is 3.57. The first-order valence-corrected chi connectivity index (χ1v) is 5.02. The van der Waals surface area contributed by atoms with Gasteiger partial charge in [0.05, 0.1) is 6.04 Å². The van der Waals surface area contributed by atoms with Crippen molar-refractivity contribution in [2.45, 2.75) is 38.8 Å². The number of nitrogens with two attached hydrogens (primary N) is 1. The highest BCUT2D eigenvalue weighted by atomic mass is 16.4. The molecule has 0 bridgehead atoms. The Morgan fingerprint density at radius 2 is 2.14 bits per heavy atom. The molecule has 1 heterocycles. The number of hydrogen-bond acceptors (Lipinski definition) is 5. The van der Waals surface area contributed by atoms with Gasteiger partial charge in [-0.3, -0.25) is 0 Å². The molecule has 1 saturated carbocycles. The zero-order valence-corrected chi connectivity index (χ0v) is 8.53. The number of aromatic nitrogens is 2. The number of hydrogen-bond donors (Lipinski definition) is 2. The fraction of sp³-hybridized carbons (Fsp3) is 0.778. The molecule has 0 aliphatic heterocycles. The van der Waals surface area contributed by atoms with Crippen LogP contribution in [0.2, 0.25) is 0 Å². The summed E-state index contributed by atoms with van der Waals surface area (Å²) in [7, 11) is 0. The number of anilines is 1. The van der Waals surface area contributed by atoms with Crippen LogP contribution in [-0.2, 0) is 0 Å². The van der Waals surface area contributed by atoms with Gasteiger partial charge >= 0.3 is 6.01 Å². The molecular weight excluding hydrogens is 180 g/mol. The lowest BCUT2D eigenvalue weighted by molar-refractivity contribution is 0.467. The Kier molecular flexibility index (Phi) is 2.41. The molecule has 2 atom stereocenters. The summed E-state index contributed by atoms with van der Waals surface area (Å²) in [5.74, 6) is 1.25. The lowest BCUT2D eigenvalue weighted by atomic mass is 10.2. The molecule has 0 spiro atoms. The van der Waals surface area contributed by atoms with Crippen LogP contribution >= 0.6 is 0 Å². The van der Waals surface area contributed by atoms with Crippen LogP contribution in [-0.4, -0.2) is 16.2 Å². The van der Waals surface area contributed by atoms with Crippen molar-refractivity contribution in [1.29, 1.82) is 0 Å². The van der Waals surface area contributed by atoms with E-state index in [1.165, 1.54) is 12.8 Å². The Bertz CT molecular complexity index is 306. The van der Waals surface area contributed by atoms with Gasteiger partial charge in [0, 0.05) is 6.04 Å². The van der Waals surface area contributed by atoms with Gasteiger partial charge in [0.25, 0.3) is 0 Å². The van der Waals surface area contributed by atoms with Crippen LogP contribution in [0, 0.1) is 5.92 Å². The molecule has 78 valence electrons. The summed E-state index contributed by atoms with van der Waals surface area (Å²) in [6.07, 6.45) is 2.59. The number of nitrogens with zero attached hydrogens (tertiary/aromatic N) is 2. The molecule has 1 aromatic rings. The quantitative estimate of drug-likeness (QED) is 0.759. The molecule has 2 unspecified atom stereocenters. The summed E-state index contributed by atoms with van der Waals surface area (Å²) in [6.45, 7) is 3.95. The van der Waals surface area contributed by atoms with E-state index >= 15 is 0 Å². The first-order chi connectivity index (χ1) is 6.66. The molecule has 1 aliphatic carbocycles. The minimum Gasteiger partial charge on any atom is -0.406 e. The molecule has 5 nitrogen and oxygen atoms in total. The summed E-state index contributed by atoms with van der Waals surface area (Å²) < 4.78 is 5.34. The van der Waals surface area contributed by atoms with Crippen molar-refractivity contribution in [2.75, 3.05) is 5.32 Å². The summed E-state index contributed by atoms with van der Waals surface area (Å²) in [5, 5.41) is 10.9. The van der Waals surface area contributed by atoms with Gasteiger partial charge in [0.1, 0.15) is 0 Å². The maximum Gasteiger partial charge on any atom is 0.315 e. The van der Waals surface area contributed by atoms with Gasteiger partial charge in [0.2, 0.25) is 5.89 Å². The molecule has 14 heavy (non-hydrogen) atoms. The highest BCUT2D eigenvalue weighted by Gasteiger charge is 2.28. The minimum absolute atomic E-state index is 0.200. The Hall–Kier alpha value is -1.10. The molecule has 1 fully saturated rings. The van der Waals surface area contributed by atoms with E-state index in [2.05, 4.69) is 22.4 Å². The topological polar surface area (TPSA) is 77.0 Å². The van der Waals surface area contributed by atoms with E-state index in [4.69, 9.17) is 10.2 Å². The van der Waals surface area contributed by atoms with Crippen LogP contribution in [0.15, 0.2) is 4.42 Å². The maximum absolute atomic E-state index is 5.61. The van der Waals surface area contributed by atoms with Crippen molar-refractivity contribution in [1.82, 2.24) is 10.2 Å². The summed E-state index contributed by atoms with van der Waals surface area (Å²) in [6, 6.07) is 0.697. The third kappa shape index (κ3) is 2.04. The third-order valence-electron chi connectivity index (χ3n) is 2.51. The minimum atomic E-state index is -0.200. The average Bonchev–Trinajstić information content (AvgIpc) is 2.87. The Morgan fingerprint density at radius 3 is 2.64 bits per heavy atom. The summed E-state index contributed by atoms with van der Waals surface area (Å²) in [5.41, 5.74) is 5.61. The van der Waals surface area contributed by atoms with Gasteiger partial charge in [-0.05, 0) is 32.6 Å². The molecule has 3 N–H and O–H groups in total. The molecule has 0 aromatic carbocycles. The zero-order valence-electron chi connectivity index (χ0n) is 8.53. The van der Waals surface area contributed by atoms with E-state index in [9.17, 15) is 0 Å². The SMILES string of the molecule is CC(N)c1nnc(NC(C)C2CC2)o1. The Balaban J connectivity index is 1.95. The monoisotopic (exact) mass is 196 g/mol. The van der Waals surface area contributed by atoms with E-state index in [0.29, 0.717) is 17.9 Å². The van der Waals surface area contributed by atoms with Crippen LogP contribution in [0.3, 0.4) is 0 Å². The van der Waals surface area contributed by atoms with Crippen LogP contribution in [0.4, 0.5) is 6.01 Å².